The highest BCUT2D eigenvalue weighted by Crippen LogP contribution is 2.15. The largest absolute Gasteiger partial charge is 0.379 e. The molecule has 0 saturated carbocycles. The van der Waals surface area contributed by atoms with Gasteiger partial charge in [-0.3, -0.25) is 0 Å². The van der Waals surface area contributed by atoms with Crippen LogP contribution in [0.1, 0.15) is 11.5 Å². The molecule has 0 bridgehead atoms. The second kappa shape index (κ2) is 5.81. The van der Waals surface area contributed by atoms with Crippen molar-refractivity contribution in [2.75, 3.05) is 10.6 Å². The number of nitrogens with one attached hydrogen (secondary N) is 2. The lowest BCUT2D eigenvalue weighted by atomic mass is 10.2. The van der Waals surface area contributed by atoms with Crippen LogP contribution in [0.2, 0.25) is 0 Å². The first kappa shape index (κ1) is 12.8. The number of benzene rings is 1. The van der Waals surface area contributed by atoms with Gasteiger partial charge >= 0.3 is 6.03 Å². The van der Waals surface area contributed by atoms with Gasteiger partial charge < -0.3 is 16.4 Å². The molecular formula is C13H15N5O. The van der Waals surface area contributed by atoms with Gasteiger partial charge in [-0.05, 0) is 31.2 Å². The Labute approximate surface area is 111 Å². The Balaban J connectivity index is 2.01. The van der Waals surface area contributed by atoms with Crippen LogP contribution in [0.3, 0.4) is 0 Å². The Morgan fingerprint density at radius 3 is 2.84 bits per heavy atom. The maximum atomic E-state index is 10.8. The normalized spacial score (nSPS) is 9.95. The van der Waals surface area contributed by atoms with Gasteiger partial charge in [-0.15, -0.1) is 0 Å². The van der Waals surface area contributed by atoms with Crippen LogP contribution in [-0.4, -0.2) is 16.0 Å². The molecule has 6 heteroatoms. The zero-order valence-corrected chi connectivity index (χ0v) is 10.6. The number of anilines is 2. The van der Waals surface area contributed by atoms with Gasteiger partial charge in [0, 0.05) is 17.6 Å². The number of urea groups is 1. The van der Waals surface area contributed by atoms with E-state index < -0.39 is 6.03 Å². The maximum absolute atomic E-state index is 10.8. The van der Waals surface area contributed by atoms with Crippen molar-refractivity contribution in [3.05, 3.63) is 48.0 Å². The number of carbonyl (C=O) groups excluding carboxylic acids is 1. The van der Waals surface area contributed by atoms with Crippen LogP contribution in [0.15, 0.2) is 36.5 Å². The van der Waals surface area contributed by atoms with E-state index in [0.29, 0.717) is 12.2 Å². The molecule has 1 aromatic carbocycles. The summed E-state index contributed by atoms with van der Waals surface area (Å²) in [5.74, 6) is 0.739. The van der Waals surface area contributed by atoms with Gasteiger partial charge in [0.1, 0.15) is 5.82 Å². The van der Waals surface area contributed by atoms with Gasteiger partial charge in [0.25, 0.3) is 0 Å². The molecule has 0 spiro atoms. The number of nitrogens with zero attached hydrogens (tertiary/aromatic N) is 2. The molecule has 98 valence electrons. The quantitative estimate of drug-likeness (QED) is 0.779. The monoisotopic (exact) mass is 257 g/mol. The third kappa shape index (κ3) is 3.95. The molecule has 2 aromatic rings. The van der Waals surface area contributed by atoms with Crippen LogP contribution in [0.5, 0.6) is 0 Å². The molecule has 19 heavy (non-hydrogen) atoms. The molecule has 2 amide bonds. The van der Waals surface area contributed by atoms with Gasteiger partial charge in [0.05, 0.1) is 12.2 Å². The Hall–Kier alpha value is -2.63. The van der Waals surface area contributed by atoms with E-state index in [0.717, 1.165) is 17.2 Å². The van der Waals surface area contributed by atoms with Gasteiger partial charge in [0.15, 0.2) is 0 Å². The SMILES string of the molecule is Cc1nccc(CNc2cccc(NC(N)=O)c2)n1. The number of primary amides is 1. The number of carbonyl (C=O) groups is 1. The van der Waals surface area contributed by atoms with Crippen LogP contribution in [-0.2, 0) is 6.54 Å². The van der Waals surface area contributed by atoms with Crippen molar-refractivity contribution in [1.82, 2.24) is 9.97 Å². The topological polar surface area (TPSA) is 92.9 Å². The molecule has 0 saturated heterocycles. The minimum Gasteiger partial charge on any atom is -0.379 e. The van der Waals surface area contributed by atoms with E-state index in [4.69, 9.17) is 5.73 Å². The van der Waals surface area contributed by atoms with Crippen LogP contribution in [0.25, 0.3) is 0 Å². The summed E-state index contributed by atoms with van der Waals surface area (Å²) in [4.78, 5) is 19.1. The Morgan fingerprint density at radius 2 is 2.11 bits per heavy atom. The molecule has 0 aliphatic rings. The lowest BCUT2D eigenvalue weighted by Gasteiger charge is -2.08. The molecule has 2 rings (SSSR count). The van der Waals surface area contributed by atoms with Crippen molar-refractivity contribution in [2.45, 2.75) is 13.5 Å². The van der Waals surface area contributed by atoms with Crippen LogP contribution >= 0.6 is 0 Å². The Bertz CT molecular complexity index is 585. The van der Waals surface area contributed by atoms with Crippen molar-refractivity contribution >= 4 is 17.4 Å². The average molecular weight is 257 g/mol. The number of hydrogen-bond acceptors (Lipinski definition) is 4. The van der Waals surface area contributed by atoms with Crippen LogP contribution in [0.4, 0.5) is 16.2 Å². The molecule has 0 radical (unpaired) electrons. The zero-order chi connectivity index (χ0) is 13.7. The zero-order valence-electron chi connectivity index (χ0n) is 10.6. The molecule has 1 aromatic heterocycles. The molecule has 1 heterocycles. The average Bonchev–Trinajstić information content (AvgIpc) is 2.36. The van der Waals surface area contributed by atoms with E-state index in [9.17, 15) is 4.79 Å². The summed E-state index contributed by atoms with van der Waals surface area (Å²) in [5.41, 5.74) is 7.50. The van der Waals surface area contributed by atoms with E-state index in [2.05, 4.69) is 20.6 Å². The van der Waals surface area contributed by atoms with E-state index in [-0.39, 0.29) is 0 Å². The standard InChI is InChI=1S/C13H15N5O/c1-9-15-6-5-12(17-9)8-16-10-3-2-4-11(7-10)18-13(14)19/h2-7,16H,8H2,1H3,(H3,14,18,19). The van der Waals surface area contributed by atoms with E-state index in [1.165, 1.54) is 0 Å². The van der Waals surface area contributed by atoms with Gasteiger partial charge in [-0.25, -0.2) is 14.8 Å². The first-order valence-electron chi connectivity index (χ1n) is 5.82. The number of aromatic nitrogens is 2. The van der Waals surface area contributed by atoms with Gasteiger partial charge in [-0.1, -0.05) is 6.07 Å². The summed E-state index contributed by atoms with van der Waals surface area (Å²) in [6.07, 6.45) is 1.73. The summed E-state index contributed by atoms with van der Waals surface area (Å²) in [5, 5.41) is 5.75. The van der Waals surface area contributed by atoms with E-state index in [1.807, 2.05) is 25.1 Å². The highest BCUT2D eigenvalue weighted by atomic mass is 16.2. The van der Waals surface area contributed by atoms with Crippen molar-refractivity contribution in [2.24, 2.45) is 5.73 Å². The number of amides is 2. The fourth-order valence-corrected chi connectivity index (χ4v) is 1.65. The fraction of sp³-hybridized carbons (Fsp3) is 0.154. The second-order valence-electron chi connectivity index (χ2n) is 4.02. The molecule has 6 nitrogen and oxygen atoms in total. The van der Waals surface area contributed by atoms with Gasteiger partial charge in [-0.2, -0.15) is 0 Å². The Kier molecular flexibility index (Phi) is 3.92. The highest BCUT2D eigenvalue weighted by Gasteiger charge is 1.99. The van der Waals surface area contributed by atoms with Crippen molar-refractivity contribution < 1.29 is 4.79 Å². The predicted molar refractivity (Wildman–Crippen MR) is 73.7 cm³/mol. The van der Waals surface area contributed by atoms with E-state index >= 15 is 0 Å². The van der Waals surface area contributed by atoms with Crippen molar-refractivity contribution in [1.29, 1.82) is 0 Å². The Morgan fingerprint density at radius 1 is 1.32 bits per heavy atom. The minimum absolute atomic E-state index is 0.580. The lowest BCUT2D eigenvalue weighted by molar-refractivity contribution is 0.259. The molecular weight excluding hydrogens is 242 g/mol. The molecule has 0 aliphatic heterocycles. The van der Waals surface area contributed by atoms with Crippen molar-refractivity contribution in [3.8, 4) is 0 Å². The van der Waals surface area contributed by atoms with Crippen molar-refractivity contribution in [3.63, 3.8) is 0 Å². The second-order valence-corrected chi connectivity index (χ2v) is 4.02. The molecule has 0 atom stereocenters. The number of aryl methyl sites for hydroxylation is 1. The third-order valence-corrected chi connectivity index (χ3v) is 2.44. The minimum atomic E-state index is -0.580. The maximum Gasteiger partial charge on any atom is 0.316 e. The van der Waals surface area contributed by atoms with E-state index in [1.54, 1.807) is 18.3 Å². The lowest BCUT2D eigenvalue weighted by Crippen LogP contribution is -2.19. The van der Waals surface area contributed by atoms with Crippen LogP contribution < -0.4 is 16.4 Å². The molecule has 0 aliphatic carbocycles. The summed E-state index contributed by atoms with van der Waals surface area (Å²) >= 11 is 0. The molecule has 4 N–H and O–H groups in total. The van der Waals surface area contributed by atoms with Crippen LogP contribution in [0, 0.1) is 6.92 Å². The summed E-state index contributed by atoms with van der Waals surface area (Å²) in [6.45, 7) is 2.43. The molecule has 0 fully saturated rings. The summed E-state index contributed by atoms with van der Waals surface area (Å²) < 4.78 is 0. The third-order valence-electron chi connectivity index (χ3n) is 2.44. The number of rotatable bonds is 4. The fourth-order valence-electron chi connectivity index (χ4n) is 1.65. The predicted octanol–water partition coefficient (Wildman–Crippen LogP) is 1.89. The van der Waals surface area contributed by atoms with Gasteiger partial charge in [0.2, 0.25) is 0 Å². The first-order chi connectivity index (χ1) is 9.13. The first-order valence-corrected chi connectivity index (χ1v) is 5.82. The number of nitrogens with two attached hydrogens (primary N) is 1. The highest BCUT2D eigenvalue weighted by molar-refractivity contribution is 5.88. The molecule has 0 unspecified atom stereocenters. The number of hydrogen-bond donors (Lipinski definition) is 3. The summed E-state index contributed by atoms with van der Waals surface area (Å²) in [7, 11) is 0. The summed E-state index contributed by atoms with van der Waals surface area (Å²) in [6, 6.07) is 8.58. The smallest absolute Gasteiger partial charge is 0.316 e.